The zero-order chi connectivity index (χ0) is 24.8. The molecular weight excluding hydrogens is 453 g/mol. The molecule has 0 saturated heterocycles. The number of halogens is 3. The van der Waals surface area contributed by atoms with E-state index in [0.717, 1.165) is 4.68 Å². The van der Waals surface area contributed by atoms with Crippen LogP contribution in [0.15, 0.2) is 36.9 Å². The molecule has 2 amide bonds. The molecule has 1 aliphatic rings. The van der Waals surface area contributed by atoms with Crippen molar-refractivity contribution in [1.29, 1.82) is 0 Å². The number of nitrogens with zero attached hydrogens (tertiary/aromatic N) is 5. The second-order valence-electron chi connectivity index (χ2n) is 8.34. The quantitative estimate of drug-likeness (QED) is 0.606. The molecule has 178 valence electrons. The summed E-state index contributed by atoms with van der Waals surface area (Å²) in [5, 5.41) is 6.30. The van der Waals surface area contributed by atoms with E-state index in [0.29, 0.717) is 33.8 Å². The Morgan fingerprint density at radius 2 is 1.94 bits per heavy atom. The van der Waals surface area contributed by atoms with Crippen LogP contribution < -0.4 is 10.2 Å². The van der Waals surface area contributed by atoms with Crippen molar-refractivity contribution < 1.29 is 27.5 Å². The molecule has 3 aromatic heterocycles. The Kier molecular flexibility index (Phi) is 5.54. The van der Waals surface area contributed by atoms with E-state index in [1.54, 1.807) is 39.1 Å². The molecule has 0 radical (unpaired) electrons. The van der Waals surface area contributed by atoms with E-state index in [-0.39, 0.29) is 11.6 Å². The third-order valence-electron chi connectivity index (χ3n) is 5.46. The highest BCUT2D eigenvalue weighted by atomic mass is 19.4. The van der Waals surface area contributed by atoms with Gasteiger partial charge in [0, 0.05) is 18.0 Å². The number of nitrogens with one attached hydrogen (secondary N) is 1. The summed E-state index contributed by atoms with van der Waals surface area (Å²) in [4.78, 5) is 35.1. The first-order valence-corrected chi connectivity index (χ1v) is 10.2. The molecule has 0 atom stereocenters. The van der Waals surface area contributed by atoms with Gasteiger partial charge in [0.25, 0.3) is 5.91 Å². The van der Waals surface area contributed by atoms with Crippen LogP contribution in [-0.4, -0.2) is 45.0 Å². The second kappa shape index (κ2) is 8.12. The molecule has 12 heteroatoms. The van der Waals surface area contributed by atoms with Crippen LogP contribution in [0.25, 0.3) is 11.3 Å². The highest BCUT2D eigenvalue weighted by Gasteiger charge is 2.47. The maximum absolute atomic E-state index is 13.3. The van der Waals surface area contributed by atoms with E-state index in [1.807, 2.05) is 0 Å². The number of anilines is 2. The van der Waals surface area contributed by atoms with Crippen molar-refractivity contribution in [2.45, 2.75) is 39.0 Å². The number of carbonyl (C=O) groups excluding carboxylic acids is 2. The molecule has 0 spiro atoms. The van der Waals surface area contributed by atoms with Gasteiger partial charge < -0.3 is 4.74 Å². The number of amides is 2. The van der Waals surface area contributed by atoms with E-state index in [9.17, 15) is 22.8 Å². The number of ether oxygens (including phenoxy) is 1. The van der Waals surface area contributed by atoms with Gasteiger partial charge in [0.2, 0.25) is 0 Å². The van der Waals surface area contributed by atoms with Crippen LogP contribution in [0.2, 0.25) is 0 Å². The Balaban J connectivity index is 1.73. The molecule has 0 bridgehead atoms. The largest absolute Gasteiger partial charge is 0.453 e. The fraction of sp³-hybridized carbons (Fsp3) is 0.318. The van der Waals surface area contributed by atoms with Gasteiger partial charge in [0.05, 0.1) is 53.4 Å². The summed E-state index contributed by atoms with van der Waals surface area (Å²) in [7, 11) is 1.25. The van der Waals surface area contributed by atoms with Crippen molar-refractivity contribution in [1.82, 2.24) is 19.7 Å². The number of aryl methyl sites for hydroxylation is 1. The van der Waals surface area contributed by atoms with Gasteiger partial charge >= 0.3 is 12.3 Å². The standard InChI is InChI=1S/C22H21F3N6O3/c1-12-5-16(13-6-14(8-26-7-13)28-20(33)34-4)29-18-17(12)19(32)31(21(18,2)3)15-9-27-30(10-15)11-22(23,24)25/h5-10H,11H2,1-4H3,(H,28,33). The van der Waals surface area contributed by atoms with Crippen molar-refractivity contribution in [3.8, 4) is 11.3 Å². The molecular formula is C22H21F3N6O3. The SMILES string of the molecule is COC(=O)Nc1cncc(-c2cc(C)c3c(n2)C(C)(C)N(c2cnn(CC(F)(F)F)c2)C3=O)c1. The van der Waals surface area contributed by atoms with Crippen molar-refractivity contribution >= 4 is 23.4 Å². The topological polar surface area (TPSA) is 102 Å². The molecule has 4 rings (SSSR count). The van der Waals surface area contributed by atoms with Crippen LogP contribution in [-0.2, 0) is 16.8 Å². The van der Waals surface area contributed by atoms with Crippen LogP contribution in [0, 0.1) is 6.92 Å². The summed E-state index contributed by atoms with van der Waals surface area (Å²) in [5.74, 6) is -0.373. The molecule has 34 heavy (non-hydrogen) atoms. The normalized spacial score (nSPS) is 14.8. The highest BCUT2D eigenvalue weighted by molar-refractivity contribution is 6.12. The summed E-state index contributed by atoms with van der Waals surface area (Å²) < 4.78 is 43.6. The first-order valence-electron chi connectivity index (χ1n) is 10.2. The predicted octanol–water partition coefficient (Wildman–Crippen LogP) is 4.28. The van der Waals surface area contributed by atoms with Gasteiger partial charge in [-0.25, -0.2) is 9.78 Å². The number of rotatable bonds is 4. The smallest absolute Gasteiger partial charge is 0.411 e. The van der Waals surface area contributed by atoms with E-state index < -0.39 is 24.4 Å². The minimum atomic E-state index is -4.44. The fourth-order valence-corrected chi connectivity index (χ4v) is 4.00. The Morgan fingerprint density at radius 3 is 2.62 bits per heavy atom. The lowest BCUT2D eigenvalue weighted by molar-refractivity contribution is -0.142. The minimum absolute atomic E-state index is 0.240. The van der Waals surface area contributed by atoms with Crippen LogP contribution in [0.3, 0.4) is 0 Å². The average molecular weight is 474 g/mol. The van der Waals surface area contributed by atoms with Crippen LogP contribution >= 0.6 is 0 Å². The number of aromatic nitrogens is 4. The summed E-state index contributed by atoms with van der Waals surface area (Å²) in [6, 6.07) is 3.39. The molecule has 0 fully saturated rings. The minimum Gasteiger partial charge on any atom is -0.453 e. The molecule has 1 N–H and O–H groups in total. The van der Waals surface area contributed by atoms with Crippen LogP contribution in [0.1, 0.15) is 35.5 Å². The Bertz CT molecular complexity index is 1290. The third kappa shape index (κ3) is 4.18. The summed E-state index contributed by atoms with van der Waals surface area (Å²) in [6.45, 7) is 4.04. The van der Waals surface area contributed by atoms with Gasteiger partial charge in [-0.1, -0.05) is 0 Å². The molecule has 9 nitrogen and oxygen atoms in total. The van der Waals surface area contributed by atoms with Crippen molar-refractivity contribution in [2.24, 2.45) is 0 Å². The van der Waals surface area contributed by atoms with Gasteiger partial charge in [-0.3, -0.25) is 24.7 Å². The molecule has 0 unspecified atom stereocenters. The number of methoxy groups -OCH3 is 1. The average Bonchev–Trinajstić information content (AvgIpc) is 3.26. The van der Waals surface area contributed by atoms with Gasteiger partial charge in [0.15, 0.2) is 0 Å². The second-order valence-corrected chi connectivity index (χ2v) is 8.34. The number of hydrogen-bond acceptors (Lipinski definition) is 6. The van der Waals surface area contributed by atoms with E-state index in [2.05, 4.69) is 20.1 Å². The summed E-state index contributed by atoms with van der Waals surface area (Å²) in [5.41, 5.74) is 2.30. The number of fused-ring (bicyclic) bond motifs is 1. The fourth-order valence-electron chi connectivity index (χ4n) is 4.00. The molecule has 1 aliphatic heterocycles. The van der Waals surface area contributed by atoms with Crippen molar-refractivity contribution in [2.75, 3.05) is 17.3 Å². The molecule has 0 aromatic carbocycles. The molecule has 3 aromatic rings. The van der Waals surface area contributed by atoms with Crippen LogP contribution in [0.4, 0.5) is 29.3 Å². The first kappa shape index (κ1) is 23.2. The molecule has 0 aliphatic carbocycles. The number of pyridine rings is 2. The summed E-state index contributed by atoms with van der Waals surface area (Å²) >= 11 is 0. The Hall–Kier alpha value is -3.96. The first-order chi connectivity index (χ1) is 15.9. The van der Waals surface area contributed by atoms with Gasteiger partial charge in [-0.05, 0) is 38.5 Å². The zero-order valence-corrected chi connectivity index (χ0v) is 18.8. The third-order valence-corrected chi connectivity index (χ3v) is 5.46. The maximum atomic E-state index is 13.3. The van der Waals surface area contributed by atoms with Gasteiger partial charge in [0.1, 0.15) is 6.54 Å². The predicted molar refractivity (Wildman–Crippen MR) is 116 cm³/mol. The van der Waals surface area contributed by atoms with Gasteiger partial charge in [-0.15, -0.1) is 0 Å². The maximum Gasteiger partial charge on any atom is 0.411 e. The van der Waals surface area contributed by atoms with Crippen molar-refractivity contribution in [3.05, 3.63) is 53.7 Å². The number of carbonyl (C=O) groups is 2. The van der Waals surface area contributed by atoms with E-state index in [4.69, 9.17) is 4.98 Å². The number of alkyl halides is 3. The van der Waals surface area contributed by atoms with E-state index >= 15 is 0 Å². The lowest BCUT2D eigenvalue weighted by atomic mass is 9.96. The Morgan fingerprint density at radius 1 is 1.21 bits per heavy atom. The van der Waals surface area contributed by atoms with E-state index in [1.165, 1.54) is 30.6 Å². The molecule has 0 saturated carbocycles. The lowest BCUT2D eigenvalue weighted by Crippen LogP contribution is -2.39. The van der Waals surface area contributed by atoms with Gasteiger partial charge in [-0.2, -0.15) is 18.3 Å². The number of hydrogen-bond donors (Lipinski definition) is 1. The summed E-state index contributed by atoms with van der Waals surface area (Å²) in [6.07, 6.45) is 0.370. The van der Waals surface area contributed by atoms with Crippen LogP contribution in [0.5, 0.6) is 0 Å². The monoisotopic (exact) mass is 474 g/mol. The highest BCUT2D eigenvalue weighted by Crippen LogP contribution is 2.43. The Labute approximate surface area is 192 Å². The van der Waals surface area contributed by atoms with Crippen molar-refractivity contribution in [3.63, 3.8) is 0 Å². The lowest BCUT2D eigenvalue weighted by Gasteiger charge is -2.30. The zero-order valence-electron chi connectivity index (χ0n) is 18.8. The molecule has 4 heterocycles.